The number of carbonyl (C=O) groups excluding carboxylic acids is 5. The third-order valence-corrected chi connectivity index (χ3v) is 6.42. The number of hydrogen-bond acceptors (Lipinski definition) is 7. The smallest absolute Gasteiger partial charge is 0.408 e. The molecule has 1 heterocycles. The molecule has 0 bridgehead atoms. The molecule has 1 fully saturated rings. The fraction of sp³-hybridized carbons (Fsp3) is 0.633. The van der Waals surface area contributed by atoms with Crippen molar-refractivity contribution in [3.63, 3.8) is 0 Å². The van der Waals surface area contributed by atoms with E-state index in [0.29, 0.717) is 25.8 Å². The molecule has 0 radical (unpaired) electrons. The maximum Gasteiger partial charge on any atom is 0.408 e. The third kappa shape index (κ3) is 11.4. The minimum atomic E-state index is -0.886. The first-order chi connectivity index (χ1) is 19.2. The Hall–Kier alpha value is -3.63. The highest BCUT2D eigenvalue weighted by atomic mass is 16.6. The first-order valence-electron chi connectivity index (χ1n) is 14.3. The van der Waals surface area contributed by atoms with Crippen LogP contribution in [0.4, 0.5) is 4.79 Å². The fourth-order valence-corrected chi connectivity index (χ4v) is 4.47. The monoisotopic (exact) mass is 574 g/mol. The summed E-state index contributed by atoms with van der Waals surface area (Å²) < 4.78 is 10.7. The van der Waals surface area contributed by atoms with Crippen LogP contribution in [-0.2, 0) is 35.3 Å². The summed E-state index contributed by atoms with van der Waals surface area (Å²) >= 11 is 0. The molecule has 3 N–H and O–H groups in total. The van der Waals surface area contributed by atoms with E-state index in [-0.39, 0.29) is 30.9 Å². The maximum atomic E-state index is 13.4. The molecule has 4 amide bonds. The van der Waals surface area contributed by atoms with Gasteiger partial charge in [0.15, 0.2) is 0 Å². The van der Waals surface area contributed by atoms with Crippen LogP contribution in [0.15, 0.2) is 30.3 Å². The van der Waals surface area contributed by atoms with Crippen molar-refractivity contribution in [1.29, 1.82) is 0 Å². The SMILES string of the molecule is CC(C)C[C@H](NC(=O)OC(C)(C)C)C(=O)N1CCC[C@@H]1C(=O)NCC(=O)N[C@H](C(=O)OCc1ccccc1)C(C)C. The lowest BCUT2D eigenvalue weighted by atomic mass is 10.0. The Morgan fingerprint density at radius 1 is 1.00 bits per heavy atom. The highest BCUT2D eigenvalue weighted by Crippen LogP contribution is 2.21. The highest BCUT2D eigenvalue weighted by molar-refractivity contribution is 5.94. The minimum Gasteiger partial charge on any atom is -0.459 e. The predicted molar refractivity (Wildman–Crippen MR) is 153 cm³/mol. The summed E-state index contributed by atoms with van der Waals surface area (Å²) in [7, 11) is 0. The molecule has 11 heteroatoms. The van der Waals surface area contributed by atoms with E-state index in [2.05, 4.69) is 16.0 Å². The maximum absolute atomic E-state index is 13.4. The lowest BCUT2D eigenvalue weighted by Crippen LogP contribution is -2.55. The van der Waals surface area contributed by atoms with Crippen LogP contribution < -0.4 is 16.0 Å². The van der Waals surface area contributed by atoms with E-state index < -0.39 is 47.6 Å². The van der Waals surface area contributed by atoms with Crippen molar-refractivity contribution in [1.82, 2.24) is 20.9 Å². The van der Waals surface area contributed by atoms with Crippen molar-refractivity contribution in [2.75, 3.05) is 13.1 Å². The number of alkyl carbamates (subject to hydrolysis) is 1. The van der Waals surface area contributed by atoms with Gasteiger partial charge in [0.05, 0.1) is 6.54 Å². The molecule has 0 saturated carbocycles. The summed E-state index contributed by atoms with van der Waals surface area (Å²) in [5.41, 5.74) is 0.105. The zero-order valence-electron chi connectivity index (χ0n) is 25.3. The zero-order chi connectivity index (χ0) is 30.7. The number of amides is 4. The number of rotatable bonds is 12. The summed E-state index contributed by atoms with van der Waals surface area (Å²) in [4.78, 5) is 65.6. The van der Waals surface area contributed by atoms with Crippen LogP contribution in [-0.4, -0.2) is 71.5 Å². The van der Waals surface area contributed by atoms with Gasteiger partial charge >= 0.3 is 12.1 Å². The summed E-state index contributed by atoms with van der Waals surface area (Å²) in [5.74, 6) is -2.09. The molecule has 1 aromatic rings. The Kier molecular flexibility index (Phi) is 12.6. The van der Waals surface area contributed by atoms with Gasteiger partial charge in [-0.25, -0.2) is 9.59 Å². The molecular weight excluding hydrogens is 528 g/mol. The molecule has 228 valence electrons. The molecule has 0 aromatic heterocycles. The Morgan fingerprint density at radius 2 is 1.66 bits per heavy atom. The lowest BCUT2D eigenvalue weighted by molar-refractivity contribution is -0.150. The zero-order valence-corrected chi connectivity index (χ0v) is 25.3. The molecule has 41 heavy (non-hydrogen) atoms. The Balaban J connectivity index is 1.95. The van der Waals surface area contributed by atoms with Crippen molar-refractivity contribution < 1.29 is 33.4 Å². The van der Waals surface area contributed by atoms with Gasteiger partial charge in [-0.1, -0.05) is 58.0 Å². The van der Waals surface area contributed by atoms with E-state index in [1.165, 1.54) is 4.90 Å². The summed E-state index contributed by atoms with van der Waals surface area (Å²) in [6, 6.07) is 6.70. The van der Waals surface area contributed by atoms with Gasteiger partial charge in [-0.05, 0) is 57.4 Å². The van der Waals surface area contributed by atoms with Gasteiger partial charge in [0, 0.05) is 6.54 Å². The number of likely N-dealkylation sites (tertiary alicyclic amines) is 1. The van der Waals surface area contributed by atoms with E-state index in [4.69, 9.17) is 9.47 Å². The number of ether oxygens (including phenoxy) is 2. The number of hydrogen-bond donors (Lipinski definition) is 3. The van der Waals surface area contributed by atoms with Gasteiger partial charge < -0.3 is 30.3 Å². The quantitative estimate of drug-likeness (QED) is 0.326. The van der Waals surface area contributed by atoms with Crippen molar-refractivity contribution in [2.24, 2.45) is 11.8 Å². The van der Waals surface area contributed by atoms with Crippen LogP contribution >= 0.6 is 0 Å². The summed E-state index contributed by atoms with van der Waals surface area (Å²) in [6.45, 7) is 12.7. The summed E-state index contributed by atoms with van der Waals surface area (Å²) in [5, 5.41) is 7.90. The normalized spacial score (nSPS) is 16.6. The number of benzene rings is 1. The van der Waals surface area contributed by atoms with E-state index in [1.54, 1.807) is 34.6 Å². The Labute approximate surface area is 243 Å². The Bertz CT molecular complexity index is 1050. The van der Waals surface area contributed by atoms with Crippen LogP contribution in [0.1, 0.15) is 73.3 Å². The first kappa shape index (κ1) is 33.6. The van der Waals surface area contributed by atoms with Crippen LogP contribution in [0.2, 0.25) is 0 Å². The second-order valence-electron chi connectivity index (χ2n) is 12.1. The van der Waals surface area contributed by atoms with Gasteiger partial charge in [0.1, 0.15) is 30.3 Å². The van der Waals surface area contributed by atoms with Crippen LogP contribution in [0, 0.1) is 11.8 Å². The van der Waals surface area contributed by atoms with E-state index >= 15 is 0 Å². The molecule has 0 spiro atoms. The molecule has 0 unspecified atom stereocenters. The average molecular weight is 575 g/mol. The molecule has 0 aliphatic carbocycles. The number of nitrogens with one attached hydrogen (secondary N) is 3. The second-order valence-corrected chi connectivity index (χ2v) is 12.1. The second kappa shape index (κ2) is 15.4. The molecule has 1 aromatic carbocycles. The lowest BCUT2D eigenvalue weighted by Gasteiger charge is -2.30. The van der Waals surface area contributed by atoms with Gasteiger partial charge in [0.25, 0.3) is 0 Å². The van der Waals surface area contributed by atoms with E-state index in [0.717, 1.165) is 5.56 Å². The fourth-order valence-electron chi connectivity index (χ4n) is 4.47. The van der Waals surface area contributed by atoms with Gasteiger partial charge in [-0.3, -0.25) is 14.4 Å². The van der Waals surface area contributed by atoms with Gasteiger partial charge in [0.2, 0.25) is 17.7 Å². The van der Waals surface area contributed by atoms with Crippen molar-refractivity contribution >= 4 is 29.8 Å². The third-order valence-electron chi connectivity index (χ3n) is 6.42. The summed E-state index contributed by atoms with van der Waals surface area (Å²) in [6.07, 6.45) is 0.720. The van der Waals surface area contributed by atoms with Crippen molar-refractivity contribution in [3.8, 4) is 0 Å². The van der Waals surface area contributed by atoms with Gasteiger partial charge in [-0.15, -0.1) is 0 Å². The highest BCUT2D eigenvalue weighted by Gasteiger charge is 2.38. The molecule has 1 aliphatic heterocycles. The minimum absolute atomic E-state index is 0.0850. The van der Waals surface area contributed by atoms with E-state index in [1.807, 2.05) is 44.2 Å². The molecule has 3 atom stereocenters. The standard InChI is InChI=1S/C30H46N4O7/c1-19(2)16-22(32-29(39)41-30(5,6)7)27(37)34-15-11-14-23(34)26(36)31-17-24(35)33-25(20(3)4)28(38)40-18-21-12-9-8-10-13-21/h8-10,12-13,19-20,22-23,25H,11,14-18H2,1-7H3,(H,31,36)(H,32,39)(H,33,35)/t22-,23+,25-/m0/s1. The molecule has 1 saturated heterocycles. The van der Waals surface area contributed by atoms with Crippen LogP contribution in [0.5, 0.6) is 0 Å². The average Bonchev–Trinajstić information content (AvgIpc) is 3.37. The molecular formula is C30H46N4O7. The molecule has 1 aliphatic rings. The van der Waals surface area contributed by atoms with Crippen LogP contribution in [0.3, 0.4) is 0 Å². The first-order valence-corrected chi connectivity index (χ1v) is 14.3. The van der Waals surface area contributed by atoms with Crippen molar-refractivity contribution in [2.45, 2.75) is 98.1 Å². The predicted octanol–water partition coefficient (Wildman–Crippen LogP) is 2.92. The van der Waals surface area contributed by atoms with Gasteiger partial charge in [-0.2, -0.15) is 0 Å². The molecule has 2 rings (SSSR count). The van der Waals surface area contributed by atoms with E-state index in [9.17, 15) is 24.0 Å². The molecule has 11 nitrogen and oxygen atoms in total. The Morgan fingerprint density at radius 3 is 2.24 bits per heavy atom. The number of carbonyl (C=O) groups is 5. The van der Waals surface area contributed by atoms with Crippen molar-refractivity contribution in [3.05, 3.63) is 35.9 Å². The topological polar surface area (TPSA) is 143 Å². The number of esters is 1. The largest absolute Gasteiger partial charge is 0.459 e. The van der Waals surface area contributed by atoms with Crippen LogP contribution in [0.25, 0.3) is 0 Å². The number of nitrogens with zero attached hydrogens (tertiary/aromatic N) is 1.